The fourth-order valence-corrected chi connectivity index (χ4v) is 6.81. The molecular formula is C24H19N5O3S2. The van der Waals surface area contributed by atoms with Crippen LogP contribution in [0.5, 0.6) is 0 Å². The molecule has 0 bridgehead atoms. The Morgan fingerprint density at radius 3 is 2.56 bits per heavy atom. The third-order valence-electron chi connectivity index (χ3n) is 6.12. The molecule has 6 rings (SSSR count). The van der Waals surface area contributed by atoms with E-state index in [1.165, 1.54) is 34.3 Å². The van der Waals surface area contributed by atoms with Gasteiger partial charge in [0.25, 0.3) is 11.2 Å². The molecule has 5 aromatic rings. The number of benzene rings is 2. The highest BCUT2D eigenvalue weighted by molar-refractivity contribution is 7.98. The molecule has 1 aliphatic rings. The Bertz CT molecular complexity index is 1600. The highest BCUT2D eigenvalue weighted by Gasteiger charge is 2.25. The summed E-state index contributed by atoms with van der Waals surface area (Å²) in [6.45, 7) is 0. The summed E-state index contributed by atoms with van der Waals surface area (Å²) in [5.74, 6) is 1.07. The number of nitrogens with zero attached hydrogens (tertiary/aromatic N) is 5. The van der Waals surface area contributed by atoms with Crippen LogP contribution in [0.4, 0.5) is 5.69 Å². The Morgan fingerprint density at radius 2 is 1.79 bits per heavy atom. The standard InChI is InChI=1S/C24H19N5O3S2/c30-21-20-18-8-4-5-9-19(18)34-22(20)28-23(27(21)16-6-2-1-3-7-16)25-26-24(28)33-14-15-10-12-17(13-11-15)29(31)32/h1-3,6-7,10-13H,4-5,8-9,14H2. The van der Waals surface area contributed by atoms with Crippen molar-refractivity contribution in [3.63, 3.8) is 0 Å². The number of aryl methyl sites for hydroxylation is 2. The zero-order chi connectivity index (χ0) is 23.2. The van der Waals surface area contributed by atoms with Crippen LogP contribution < -0.4 is 5.56 Å². The van der Waals surface area contributed by atoms with E-state index in [-0.39, 0.29) is 11.2 Å². The molecule has 0 unspecified atom stereocenters. The maximum absolute atomic E-state index is 13.8. The Labute approximate surface area is 202 Å². The number of fused-ring (bicyclic) bond motifs is 5. The van der Waals surface area contributed by atoms with Crippen molar-refractivity contribution in [3.05, 3.63) is 91.1 Å². The predicted molar refractivity (Wildman–Crippen MR) is 133 cm³/mol. The molecule has 8 nitrogen and oxygen atoms in total. The highest BCUT2D eigenvalue weighted by Crippen LogP contribution is 2.37. The van der Waals surface area contributed by atoms with E-state index in [0.717, 1.165) is 47.2 Å². The number of nitro benzene ring substituents is 1. The van der Waals surface area contributed by atoms with Crippen molar-refractivity contribution < 1.29 is 4.92 Å². The lowest BCUT2D eigenvalue weighted by atomic mass is 9.97. The summed E-state index contributed by atoms with van der Waals surface area (Å²) < 4.78 is 3.66. The average molecular weight is 490 g/mol. The molecule has 1 aliphatic carbocycles. The highest BCUT2D eigenvalue weighted by atomic mass is 32.2. The molecule has 3 aromatic heterocycles. The lowest BCUT2D eigenvalue weighted by molar-refractivity contribution is -0.384. The van der Waals surface area contributed by atoms with Gasteiger partial charge in [-0.25, -0.2) is 8.97 Å². The van der Waals surface area contributed by atoms with Crippen LogP contribution in [0.3, 0.4) is 0 Å². The second kappa shape index (κ2) is 8.37. The summed E-state index contributed by atoms with van der Waals surface area (Å²) in [4.78, 5) is 26.5. The molecule has 10 heteroatoms. The first-order valence-electron chi connectivity index (χ1n) is 11.0. The van der Waals surface area contributed by atoms with Gasteiger partial charge in [0.2, 0.25) is 5.78 Å². The topological polar surface area (TPSA) is 95.3 Å². The molecule has 3 heterocycles. The third kappa shape index (κ3) is 3.41. The van der Waals surface area contributed by atoms with Crippen molar-refractivity contribution >= 4 is 44.8 Å². The number of nitro groups is 1. The first-order chi connectivity index (χ1) is 16.6. The molecular weight excluding hydrogens is 470 g/mol. The SMILES string of the molecule is O=c1c2c3c(sc2n2c(SCc4ccc([N+](=O)[O-])cc4)nnc2n1-c1ccccc1)CCCC3. The summed E-state index contributed by atoms with van der Waals surface area (Å²) in [7, 11) is 0. The molecule has 0 amide bonds. The van der Waals surface area contributed by atoms with Gasteiger partial charge in [0.15, 0.2) is 5.16 Å². The zero-order valence-electron chi connectivity index (χ0n) is 18.0. The fourth-order valence-electron chi connectivity index (χ4n) is 4.48. The van der Waals surface area contributed by atoms with E-state index in [9.17, 15) is 14.9 Å². The molecule has 0 saturated carbocycles. The van der Waals surface area contributed by atoms with Gasteiger partial charge in [0.1, 0.15) is 4.83 Å². The number of para-hydroxylation sites is 1. The van der Waals surface area contributed by atoms with Crippen LogP contribution in [0.15, 0.2) is 64.5 Å². The summed E-state index contributed by atoms with van der Waals surface area (Å²) in [5, 5.41) is 21.3. The molecule has 0 saturated heterocycles. The molecule has 34 heavy (non-hydrogen) atoms. The van der Waals surface area contributed by atoms with Gasteiger partial charge in [-0.1, -0.05) is 42.1 Å². The fraction of sp³-hybridized carbons (Fsp3) is 0.208. The largest absolute Gasteiger partial charge is 0.269 e. The van der Waals surface area contributed by atoms with Crippen molar-refractivity contribution in [2.75, 3.05) is 0 Å². The lowest BCUT2D eigenvalue weighted by Crippen LogP contribution is -2.22. The number of rotatable bonds is 5. The van der Waals surface area contributed by atoms with Crippen molar-refractivity contribution in [1.29, 1.82) is 0 Å². The lowest BCUT2D eigenvalue weighted by Gasteiger charge is -2.12. The zero-order valence-corrected chi connectivity index (χ0v) is 19.6. The van der Waals surface area contributed by atoms with Gasteiger partial charge in [0.05, 0.1) is 16.0 Å². The number of thioether (sulfide) groups is 1. The Balaban J connectivity index is 1.52. The summed E-state index contributed by atoms with van der Waals surface area (Å²) >= 11 is 3.18. The third-order valence-corrected chi connectivity index (χ3v) is 8.40. The van der Waals surface area contributed by atoms with Crippen LogP contribution >= 0.6 is 23.1 Å². The van der Waals surface area contributed by atoms with Gasteiger partial charge in [-0.2, -0.15) is 0 Å². The van der Waals surface area contributed by atoms with E-state index in [0.29, 0.717) is 16.7 Å². The van der Waals surface area contributed by atoms with E-state index in [1.807, 2.05) is 34.7 Å². The van der Waals surface area contributed by atoms with Crippen molar-refractivity contribution in [2.45, 2.75) is 36.6 Å². The average Bonchev–Trinajstić information content (AvgIpc) is 3.45. The molecule has 170 valence electrons. The molecule has 0 fully saturated rings. The first-order valence-corrected chi connectivity index (χ1v) is 12.8. The number of hydrogen-bond donors (Lipinski definition) is 0. The second-order valence-corrected chi connectivity index (χ2v) is 10.2. The second-order valence-electron chi connectivity index (χ2n) is 8.20. The Morgan fingerprint density at radius 1 is 1.03 bits per heavy atom. The number of thiophene rings is 1. The van der Waals surface area contributed by atoms with Crippen molar-refractivity contribution in [2.24, 2.45) is 0 Å². The minimum Gasteiger partial charge on any atom is -0.268 e. The van der Waals surface area contributed by atoms with Crippen molar-refractivity contribution in [3.8, 4) is 5.69 Å². The number of hydrogen-bond acceptors (Lipinski definition) is 7. The van der Waals surface area contributed by atoms with Crippen LogP contribution in [0, 0.1) is 10.1 Å². The van der Waals surface area contributed by atoms with Crippen LogP contribution in [0.25, 0.3) is 21.7 Å². The summed E-state index contributed by atoms with van der Waals surface area (Å²) in [6, 6.07) is 16.1. The van der Waals surface area contributed by atoms with Crippen LogP contribution in [-0.2, 0) is 18.6 Å². The monoisotopic (exact) mass is 489 g/mol. The van der Waals surface area contributed by atoms with Gasteiger partial charge >= 0.3 is 0 Å². The molecule has 0 radical (unpaired) electrons. The van der Waals surface area contributed by atoms with Gasteiger partial charge in [-0.05, 0) is 48.9 Å². The Kier molecular flexibility index (Phi) is 5.19. The van der Waals surface area contributed by atoms with Crippen LogP contribution in [0.1, 0.15) is 28.8 Å². The Hall–Kier alpha value is -3.50. The predicted octanol–water partition coefficient (Wildman–Crippen LogP) is 5.17. The maximum atomic E-state index is 13.8. The van der Waals surface area contributed by atoms with E-state index >= 15 is 0 Å². The van der Waals surface area contributed by atoms with Crippen LogP contribution in [-0.4, -0.2) is 24.1 Å². The molecule has 0 spiro atoms. The maximum Gasteiger partial charge on any atom is 0.269 e. The molecule has 2 aromatic carbocycles. The van der Waals surface area contributed by atoms with Crippen LogP contribution in [0.2, 0.25) is 0 Å². The van der Waals surface area contributed by atoms with Gasteiger partial charge < -0.3 is 0 Å². The minimum absolute atomic E-state index is 0.0487. The van der Waals surface area contributed by atoms with E-state index in [4.69, 9.17) is 0 Å². The van der Waals surface area contributed by atoms with Gasteiger partial charge in [0, 0.05) is 22.8 Å². The van der Waals surface area contributed by atoms with Gasteiger partial charge in [-0.3, -0.25) is 14.9 Å². The first kappa shape index (κ1) is 21.1. The quantitative estimate of drug-likeness (QED) is 0.192. The number of non-ortho nitro benzene ring substituents is 1. The smallest absolute Gasteiger partial charge is 0.268 e. The molecule has 0 atom stereocenters. The van der Waals surface area contributed by atoms with E-state index < -0.39 is 4.92 Å². The molecule has 0 aliphatic heterocycles. The minimum atomic E-state index is -0.402. The number of aromatic nitrogens is 4. The summed E-state index contributed by atoms with van der Waals surface area (Å²) in [6.07, 6.45) is 4.14. The van der Waals surface area contributed by atoms with Crippen molar-refractivity contribution in [1.82, 2.24) is 19.2 Å². The normalized spacial score (nSPS) is 13.4. The van der Waals surface area contributed by atoms with E-state index in [1.54, 1.807) is 28.0 Å². The molecule has 0 N–H and O–H groups in total. The summed E-state index contributed by atoms with van der Waals surface area (Å²) in [5.41, 5.74) is 2.90. The van der Waals surface area contributed by atoms with E-state index in [2.05, 4.69) is 10.2 Å². The van der Waals surface area contributed by atoms with Gasteiger partial charge in [-0.15, -0.1) is 21.5 Å².